The topological polar surface area (TPSA) is 66.9 Å². The third-order valence-corrected chi connectivity index (χ3v) is 3.75. The molecule has 2 aromatic rings. The van der Waals surface area contributed by atoms with E-state index in [1.165, 1.54) is 6.20 Å². The van der Waals surface area contributed by atoms with Crippen LogP contribution in [0.15, 0.2) is 36.7 Å². The summed E-state index contributed by atoms with van der Waals surface area (Å²) in [5.41, 5.74) is 1.87. The van der Waals surface area contributed by atoms with Gasteiger partial charge in [-0.15, -0.1) is 0 Å². The van der Waals surface area contributed by atoms with E-state index in [2.05, 4.69) is 20.6 Å². The van der Waals surface area contributed by atoms with Gasteiger partial charge in [0.25, 0.3) is 0 Å². The van der Waals surface area contributed by atoms with Crippen molar-refractivity contribution in [2.45, 2.75) is 25.8 Å². The predicted molar refractivity (Wildman–Crippen MR) is 86.9 cm³/mol. The summed E-state index contributed by atoms with van der Waals surface area (Å²) in [7, 11) is 0. The minimum absolute atomic E-state index is 0.0190. The van der Waals surface area contributed by atoms with E-state index in [1.807, 2.05) is 31.2 Å². The highest BCUT2D eigenvalue weighted by Gasteiger charge is 2.29. The van der Waals surface area contributed by atoms with E-state index >= 15 is 0 Å². The Morgan fingerprint density at radius 1 is 1.36 bits per heavy atom. The van der Waals surface area contributed by atoms with E-state index in [0.29, 0.717) is 11.0 Å². The van der Waals surface area contributed by atoms with Gasteiger partial charge in [-0.05, 0) is 37.5 Å². The molecule has 3 rings (SSSR count). The zero-order valence-electron chi connectivity index (χ0n) is 12.2. The van der Waals surface area contributed by atoms with Crippen LogP contribution < -0.4 is 10.6 Å². The molecule has 1 saturated carbocycles. The second kappa shape index (κ2) is 6.32. The van der Waals surface area contributed by atoms with E-state index < -0.39 is 0 Å². The number of rotatable bonds is 5. The van der Waals surface area contributed by atoms with Crippen LogP contribution in [0.1, 0.15) is 31.4 Å². The van der Waals surface area contributed by atoms with Gasteiger partial charge in [-0.1, -0.05) is 23.7 Å². The summed E-state index contributed by atoms with van der Waals surface area (Å²) in [6.45, 7) is 2.02. The summed E-state index contributed by atoms with van der Waals surface area (Å²) >= 11 is 5.83. The summed E-state index contributed by atoms with van der Waals surface area (Å²) in [6.07, 6.45) is 5.11. The number of nitrogens with one attached hydrogen (secondary N) is 2. The van der Waals surface area contributed by atoms with Gasteiger partial charge in [0.1, 0.15) is 11.0 Å². The first-order valence-corrected chi connectivity index (χ1v) is 7.64. The lowest BCUT2D eigenvalue weighted by atomic mass is 10.1. The Morgan fingerprint density at radius 3 is 2.91 bits per heavy atom. The second-order valence-electron chi connectivity index (χ2n) is 5.48. The molecule has 6 heteroatoms. The first kappa shape index (κ1) is 14.8. The van der Waals surface area contributed by atoms with Crippen molar-refractivity contribution in [1.29, 1.82) is 0 Å². The van der Waals surface area contributed by atoms with Crippen molar-refractivity contribution in [2.75, 3.05) is 10.6 Å². The number of benzene rings is 1. The smallest absolute Gasteiger partial charge is 0.227 e. The molecule has 1 heterocycles. The number of carbonyl (C=O) groups is 1. The van der Waals surface area contributed by atoms with Gasteiger partial charge in [0, 0.05) is 11.6 Å². The molecule has 0 bridgehead atoms. The van der Waals surface area contributed by atoms with E-state index in [4.69, 9.17) is 11.6 Å². The van der Waals surface area contributed by atoms with Gasteiger partial charge in [0.2, 0.25) is 5.91 Å². The van der Waals surface area contributed by atoms with Crippen LogP contribution >= 0.6 is 11.6 Å². The fourth-order valence-electron chi connectivity index (χ4n) is 2.19. The third-order valence-electron chi connectivity index (χ3n) is 3.57. The van der Waals surface area contributed by atoms with Gasteiger partial charge < -0.3 is 10.6 Å². The predicted octanol–water partition coefficient (Wildman–Crippen LogP) is 3.65. The molecule has 0 spiro atoms. The number of amides is 1. The van der Waals surface area contributed by atoms with E-state index in [0.717, 1.165) is 24.1 Å². The zero-order chi connectivity index (χ0) is 15.5. The Hall–Kier alpha value is -2.14. The van der Waals surface area contributed by atoms with Gasteiger partial charge in [0.15, 0.2) is 0 Å². The van der Waals surface area contributed by atoms with Crippen LogP contribution in [0.3, 0.4) is 0 Å². The molecule has 0 radical (unpaired) electrons. The Labute approximate surface area is 134 Å². The van der Waals surface area contributed by atoms with Crippen molar-refractivity contribution < 1.29 is 4.79 Å². The summed E-state index contributed by atoms with van der Waals surface area (Å²) in [6, 6.07) is 7.82. The lowest BCUT2D eigenvalue weighted by Gasteiger charge is -2.16. The maximum atomic E-state index is 11.8. The first-order chi connectivity index (χ1) is 10.6. The number of nitrogens with zero attached hydrogens (tertiary/aromatic N) is 2. The molecular weight excluding hydrogens is 300 g/mol. The number of aromatic nitrogens is 2. The SMILES string of the molecule is C[C@H](Nc1cncc(Cl)n1)c1cccc(NC(=O)C2CC2)c1. The number of hydrogen-bond acceptors (Lipinski definition) is 4. The molecule has 1 aliphatic rings. The standard InChI is InChI=1S/C16H17ClN4O/c1-10(19-15-9-18-8-14(17)21-15)12-3-2-4-13(7-12)20-16(22)11-5-6-11/h2-4,7-11H,5-6H2,1H3,(H,19,21)(H,20,22)/t10-/m0/s1. The van der Waals surface area contributed by atoms with Gasteiger partial charge in [-0.3, -0.25) is 9.78 Å². The first-order valence-electron chi connectivity index (χ1n) is 7.27. The number of hydrogen-bond donors (Lipinski definition) is 2. The molecule has 1 amide bonds. The second-order valence-corrected chi connectivity index (χ2v) is 5.87. The molecule has 0 unspecified atom stereocenters. The van der Waals surface area contributed by atoms with E-state index in [9.17, 15) is 4.79 Å². The molecule has 1 aliphatic carbocycles. The van der Waals surface area contributed by atoms with Crippen LogP contribution in [0.2, 0.25) is 5.15 Å². The highest BCUT2D eigenvalue weighted by Crippen LogP contribution is 2.30. The van der Waals surface area contributed by atoms with Gasteiger partial charge >= 0.3 is 0 Å². The fourth-order valence-corrected chi connectivity index (χ4v) is 2.34. The summed E-state index contributed by atoms with van der Waals surface area (Å²) < 4.78 is 0. The van der Waals surface area contributed by atoms with Crippen molar-refractivity contribution in [3.63, 3.8) is 0 Å². The monoisotopic (exact) mass is 316 g/mol. The molecule has 22 heavy (non-hydrogen) atoms. The third kappa shape index (κ3) is 3.74. The molecule has 0 saturated heterocycles. The van der Waals surface area contributed by atoms with Crippen molar-refractivity contribution >= 4 is 29.0 Å². The molecular formula is C16H17ClN4O. The molecule has 0 aliphatic heterocycles. The highest BCUT2D eigenvalue weighted by atomic mass is 35.5. The highest BCUT2D eigenvalue weighted by molar-refractivity contribution is 6.29. The summed E-state index contributed by atoms with van der Waals surface area (Å²) in [4.78, 5) is 20.0. The Balaban J connectivity index is 1.69. The molecule has 114 valence electrons. The number of halogens is 1. The Morgan fingerprint density at radius 2 is 2.18 bits per heavy atom. The lowest BCUT2D eigenvalue weighted by molar-refractivity contribution is -0.117. The minimum Gasteiger partial charge on any atom is -0.362 e. The maximum Gasteiger partial charge on any atom is 0.227 e. The van der Waals surface area contributed by atoms with Crippen LogP contribution in [0.25, 0.3) is 0 Å². The van der Waals surface area contributed by atoms with Crippen LogP contribution in [0, 0.1) is 5.92 Å². The largest absolute Gasteiger partial charge is 0.362 e. The average molecular weight is 317 g/mol. The lowest BCUT2D eigenvalue weighted by Crippen LogP contribution is -2.14. The van der Waals surface area contributed by atoms with Gasteiger partial charge in [-0.25, -0.2) is 4.98 Å². The van der Waals surface area contributed by atoms with Crippen molar-refractivity contribution in [1.82, 2.24) is 9.97 Å². The molecule has 1 atom stereocenters. The normalized spacial score (nSPS) is 15.2. The van der Waals surface area contributed by atoms with Crippen molar-refractivity contribution in [3.8, 4) is 0 Å². The Bertz CT molecular complexity index is 687. The molecule has 1 aromatic carbocycles. The van der Waals surface area contributed by atoms with Crippen LogP contribution in [-0.4, -0.2) is 15.9 Å². The van der Waals surface area contributed by atoms with E-state index in [1.54, 1.807) is 6.20 Å². The number of carbonyl (C=O) groups excluding carboxylic acids is 1. The Kier molecular flexibility index (Phi) is 4.24. The van der Waals surface area contributed by atoms with E-state index in [-0.39, 0.29) is 17.9 Å². The summed E-state index contributed by atoms with van der Waals surface area (Å²) in [5, 5.41) is 6.55. The summed E-state index contributed by atoms with van der Waals surface area (Å²) in [5.74, 6) is 0.923. The minimum atomic E-state index is 0.0190. The van der Waals surface area contributed by atoms with Gasteiger partial charge in [-0.2, -0.15) is 0 Å². The molecule has 2 N–H and O–H groups in total. The fraction of sp³-hybridized carbons (Fsp3) is 0.312. The molecule has 5 nitrogen and oxygen atoms in total. The molecule has 1 aromatic heterocycles. The zero-order valence-corrected chi connectivity index (χ0v) is 13.0. The van der Waals surface area contributed by atoms with Gasteiger partial charge in [0.05, 0.1) is 18.4 Å². The van der Waals surface area contributed by atoms with Crippen molar-refractivity contribution in [2.24, 2.45) is 5.92 Å². The van der Waals surface area contributed by atoms with Crippen molar-refractivity contribution in [3.05, 3.63) is 47.4 Å². The molecule has 1 fully saturated rings. The average Bonchev–Trinajstić information content (AvgIpc) is 3.32. The van der Waals surface area contributed by atoms with Crippen LogP contribution in [0.5, 0.6) is 0 Å². The van der Waals surface area contributed by atoms with Crippen LogP contribution in [0.4, 0.5) is 11.5 Å². The quantitative estimate of drug-likeness (QED) is 0.883. The van der Waals surface area contributed by atoms with Crippen LogP contribution in [-0.2, 0) is 4.79 Å². The maximum absolute atomic E-state index is 11.8. The number of anilines is 2.